The van der Waals surface area contributed by atoms with Crippen LogP contribution in [0.4, 0.5) is 5.82 Å². The van der Waals surface area contributed by atoms with Crippen molar-refractivity contribution in [2.45, 2.75) is 0 Å². The summed E-state index contributed by atoms with van der Waals surface area (Å²) < 4.78 is 7.45. The van der Waals surface area contributed by atoms with Crippen LogP contribution in [-0.2, 0) is 0 Å². The number of hydrogen-bond donors (Lipinski definition) is 0. The standard InChI is InChI=1S/C29H20ClN3O2/c30-24-17-15-22(16-18-24)29(34)35-27-14-8-7-11-23(27)20-31-28-19-26(21-9-3-1-4-10-21)32-33(28)25-12-5-2-6-13-25/h1-20H. The lowest BCUT2D eigenvalue weighted by atomic mass is 10.1. The maximum absolute atomic E-state index is 12.6. The molecule has 170 valence electrons. The summed E-state index contributed by atoms with van der Waals surface area (Å²) in [4.78, 5) is 17.3. The zero-order valence-corrected chi connectivity index (χ0v) is 19.3. The van der Waals surface area contributed by atoms with Gasteiger partial charge in [-0.1, -0.05) is 72.3 Å². The molecule has 0 fully saturated rings. The Balaban J connectivity index is 1.47. The topological polar surface area (TPSA) is 56.5 Å². The monoisotopic (exact) mass is 477 g/mol. The number of carbonyl (C=O) groups is 1. The lowest BCUT2D eigenvalue weighted by Crippen LogP contribution is -2.09. The van der Waals surface area contributed by atoms with Gasteiger partial charge in [-0.15, -0.1) is 0 Å². The van der Waals surface area contributed by atoms with Gasteiger partial charge in [-0.2, -0.15) is 5.10 Å². The van der Waals surface area contributed by atoms with Crippen molar-refractivity contribution in [3.05, 3.63) is 131 Å². The van der Waals surface area contributed by atoms with Crippen LogP contribution in [0.15, 0.2) is 120 Å². The first-order valence-electron chi connectivity index (χ1n) is 11.0. The Morgan fingerprint density at radius 3 is 2.23 bits per heavy atom. The number of benzene rings is 4. The quantitative estimate of drug-likeness (QED) is 0.148. The Morgan fingerprint density at radius 2 is 1.49 bits per heavy atom. The first-order valence-corrected chi connectivity index (χ1v) is 11.4. The summed E-state index contributed by atoms with van der Waals surface area (Å²) in [5.74, 6) is 0.586. The molecule has 0 radical (unpaired) electrons. The van der Waals surface area contributed by atoms with E-state index in [4.69, 9.17) is 26.4 Å². The second-order valence-electron chi connectivity index (χ2n) is 7.69. The largest absolute Gasteiger partial charge is 0.422 e. The molecule has 0 amide bonds. The van der Waals surface area contributed by atoms with Crippen LogP contribution in [0, 0.1) is 0 Å². The fraction of sp³-hybridized carbons (Fsp3) is 0. The van der Waals surface area contributed by atoms with Gasteiger partial charge in [0, 0.05) is 28.4 Å². The van der Waals surface area contributed by atoms with E-state index in [9.17, 15) is 4.79 Å². The first-order chi connectivity index (χ1) is 17.2. The van der Waals surface area contributed by atoms with Gasteiger partial charge in [0.15, 0.2) is 5.82 Å². The Kier molecular flexibility index (Phi) is 6.50. The maximum Gasteiger partial charge on any atom is 0.343 e. The average Bonchev–Trinajstić information content (AvgIpc) is 3.34. The van der Waals surface area contributed by atoms with E-state index in [0.717, 1.165) is 16.9 Å². The van der Waals surface area contributed by atoms with Gasteiger partial charge in [-0.25, -0.2) is 14.5 Å². The molecule has 0 unspecified atom stereocenters. The Bertz CT molecular complexity index is 1480. The van der Waals surface area contributed by atoms with Gasteiger partial charge in [-0.3, -0.25) is 0 Å². The predicted molar refractivity (Wildman–Crippen MR) is 139 cm³/mol. The number of carbonyl (C=O) groups excluding carboxylic acids is 1. The van der Waals surface area contributed by atoms with Crippen molar-refractivity contribution in [3.63, 3.8) is 0 Å². The number of aliphatic imine (C=N–C) groups is 1. The van der Waals surface area contributed by atoms with Crippen molar-refractivity contribution in [1.82, 2.24) is 9.78 Å². The van der Waals surface area contributed by atoms with E-state index in [0.29, 0.717) is 27.7 Å². The fourth-order valence-corrected chi connectivity index (χ4v) is 3.66. The highest BCUT2D eigenvalue weighted by atomic mass is 35.5. The lowest BCUT2D eigenvalue weighted by Gasteiger charge is -2.07. The van der Waals surface area contributed by atoms with Crippen LogP contribution in [0.3, 0.4) is 0 Å². The van der Waals surface area contributed by atoms with Crippen LogP contribution in [0.2, 0.25) is 5.02 Å². The maximum atomic E-state index is 12.6. The molecule has 0 aliphatic heterocycles. The van der Waals surface area contributed by atoms with Crippen LogP contribution < -0.4 is 4.74 Å². The van der Waals surface area contributed by atoms with E-state index in [1.54, 1.807) is 41.2 Å². The number of halogens is 1. The van der Waals surface area contributed by atoms with Gasteiger partial charge < -0.3 is 4.74 Å². The van der Waals surface area contributed by atoms with Gasteiger partial charge >= 0.3 is 5.97 Å². The molecule has 0 aliphatic rings. The number of rotatable bonds is 6. The molecular formula is C29H20ClN3O2. The number of ether oxygens (including phenoxy) is 1. The van der Waals surface area contributed by atoms with Gasteiger partial charge in [0.1, 0.15) is 5.75 Å². The zero-order valence-electron chi connectivity index (χ0n) is 18.6. The molecule has 0 N–H and O–H groups in total. The predicted octanol–water partition coefficient (Wildman–Crippen LogP) is 7.16. The third-order valence-corrected chi connectivity index (χ3v) is 5.55. The van der Waals surface area contributed by atoms with Crippen LogP contribution in [-0.4, -0.2) is 22.0 Å². The lowest BCUT2D eigenvalue weighted by molar-refractivity contribution is 0.0734. The third-order valence-electron chi connectivity index (χ3n) is 5.30. The second kappa shape index (κ2) is 10.2. The molecule has 35 heavy (non-hydrogen) atoms. The highest BCUT2D eigenvalue weighted by Crippen LogP contribution is 2.27. The highest BCUT2D eigenvalue weighted by molar-refractivity contribution is 6.30. The van der Waals surface area contributed by atoms with E-state index in [1.807, 2.05) is 84.9 Å². The molecule has 1 heterocycles. The zero-order chi connectivity index (χ0) is 24.0. The van der Waals surface area contributed by atoms with Gasteiger partial charge in [0.2, 0.25) is 0 Å². The van der Waals surface area contributed by atoms with E-state index >= 15 is 0 Å². The molecule has 5 rings (SSSR count). The van der Waals surface area contributed by atoms with E-state index in [1.165, 1.54) is 0 Å². The Hall–Kier alpha value is -4.48. The molecule has 0 bridgehead atoms. The van der Waals surface area contributed by atoms with Crippen LogP contribution in [0.5, 0.6) is 5.75 Å². The minimum absolute atomic E-state index is 0.408. The first kappa shape index (κ1) is 22.3. The molecule has 0 saturated carbocycles. The summed E-state index contributed by atoms with van der Waals surface area (Å²) in [6.45, 7) is 0. The smallest absolute Gasteiger partial charge is 0.343 e. The summed E-state index contributed by atoms with van der Waals surface area (Å²) in [6, 6.07) is 35.5. The van der Waals surface area contributed by atoms with Crippen LogP contribution in [0.25, 0.3) is 16.9 Å². The van der Waals surface area contributed by atoms with Crippen molar-refractivity contribution >= 4 is 29.6 Å². The van der Waals surface area contributed by atoms with Crippen molar-refractivity contribution in [2.75, 3.05) is 0 Å². The highest BCUT2D eigenvalue weighted by Gasteiger charge is 2.13. The Labute approximate surface area is 207 Å². The molecule has 5 nitrogen and oxygen atoms in total. The van der Waals surface area contributed by atoms with Gasteiger partial charge in [0.05, 0.1) is 16.9 Å². The summed E-state index contributed by atoms with van der Waals surface area (Å²) in [7, 11) is 0. The molecule has 1 aromatic heterocycles. The number of para-hydroxylation sites is 2. The minimum atomic E-state index is -0.469. The summed E-state index contributed by atoms with van der Waals surface area (Å²) in [5, 5.41) is 5.34. The number of hydrogen-bond acceptors (Lipinski definition) is 4. The normalized spacial score (nSPS) is 11.0. The molecular weight excluding hydrogens is 458 g/mol. The molecule has 0 atom stereocenters. The molecule has 0 aliphatic carbocycles. The van der Waals surface area contributed by atoms with E-state index in [2.05, 4.69) is 0 Å². The summed E-state index contributed by atoms with van der Waals surface area (Å²) >= 11 is 5.92. The van der Waals surface area contributed by atoms with Crippen LogP contribution >= 0.6 is 11.6 Å². The number of aromatic nitrogens is 2. The van der Waals surface area contributed by atoms with Crippen LogP contribution in [0.1, 0.15) is 15.9 Å². The van der Waals surface area contributed by atoms with Gasteiger partial charge in [-0.05, 0) is 48.5 Å². The van der Waals surface area contributed by atoms with Crippen molar-refractivity contribution < 1.29 is 9.53 Å². The molecule has 6 heteroatoms. The van der Waals surface area contributed by atoms with E-state index < -0.39 is 5.97 Å². The third kappa shape index (κ3) is 5.21. The van der Waals surface area contributed by atoms with Crippen molar-refractivity contribution in [1.29, 1.82) is 0 Å². The SMILES string of the molecule is O=C(Oc1ccccc1C=Nc1cc(-c2ccccc2)nn1-c1ccccc1)c1ccc(Cl)cc1. The van der Waals surface area contributed by atoms with Gasteiger partial charge in [0.25, 0.3) is 0 Å². The average molecular weight is 478 g/mol. The number of esters is 1. The molecule has 5 aromatic rings. The molecule has 0 spiro atoms. The number of nitrogens with zero attached hydrogens (tertiary/aromatic N) is 3. The van der Waals surface area contributed by atoms with E-state index in [-0.39, 0.29) is 0 Å². The van der Waals surface area contributed by atoms with Crippen molar-refractivity contribution in [3.8, 4) is 22.7 Å². The van der Waals surface area contributed by atoms with Crippen molar-refractivity contribution in [2.24, 2.45) is 4.99 Å². The fourth-order valence-electron chi connectivity index (χ4n) is 3.53. The second-order valence-corrected chi connectivity index (χ2v) is 8.13. The molecule has 4 aromatic carbocycles. The molecule has 0 saturated heterocycles. The summed E-state index contributed by atoms with van der Waals surface area (Å²) in [5.41, 5.74) is 3.77. The Morgan fingerprint density at radius 1 is 0.829 bits per heavy atom. The minimum Gasteiger partial charge on any atom is -0.422 e. The summed E-state index contributed by atoms with van der Waals surface area (Å²) in [6.07, 6.45) is 1.68.